The summed E-state index contributed by atoms with van der Waals surface area (Å²) in [5.74, 6) is 0.303. The number of carboxylic acid groups (broad SMARTS) is 1. The number of nitriles is 1. The molecule has 0 radical (unpaired) electrons. The normalized spacial score (nSPS) is 24.5. The second-order valence-corrected chi connectivity index (χ2v) is 6.31. The highest BCUT2D eigenvalue weighted by Crippen LogP contribution is 2.47. The third-order valence-electron chi connectivity index (χ3n) is 5.10. The maximum Gasteiger partial charge on any atom is 0.407 e. The number of amides is 1. The average Bonchev–Trinajstić information content (AvgIpc) is 2.99. The Morgan fingerprint density at radius 1 is 1.21 bits per heavy atom. The van der Waals surface area contributed by atoms with Gasteiger partial charge in [-0.3, -0.25) is 4.90 Å². The van der Waals surface area contributed by atoms with Gasteiger partial charge in [-0.1, -0.05) is 30.3 Å². The van der Waals surface area contributed by atoms with Crippen molar-refractivity contribution in [1.29, 1.82) is 5.26 Å². The first-order chi connectivity index (χ1) is 11.7. The molecule has 2 aromatic rings. The second-order valence-electron chi connectivity index (χ2n) is 6.31. The summed E-state index contributed by atoms with van der Waals surface area (Å²) >= 11 is 0. The predicted octanol–water partition coefficient (Wildman–Crippen LogP) is 3.56. The van der Waals surface area contributed by atoms with E-state index in [2.05, 4.69) is 23.5 Å². The molecule has 3 atom stereocenters. The Balaban J connectivity index is 1.75. The van der Waals surface area contributed by atoms with Gasteiger partial charge in [0.1, 0.15) is 0 Å². The van der Waals surface area contributed by atoms with Gasteiger partial charge < -0.3 is 10.4 Å². The highest BCUT2D eigenvalue weighted by Gasteiger charge is 2.45. The molecule has 5 heteroatoms. The molecule has 2 N–H and O–H groups in total. The largest absolute Gasteiger partial charge is 0.465 e. The Morgan fingerprint density at radius 3 is 2.67 bits per heavy atom. The summed E-state index contributed by atoms with van der Waals surface area (Å²) in [7, 11) is 0. The second kappa shape index (κ2) is 5.57. The highest BCUT2D eigenvalue weighted by atomic mass is 16.4. The Hall–Kier alpha value is -3.00. The zero-order valence-electron chi connectivity index (χ0n) is 13.0. The number of nitrogens with zero attached hydrogens (tertiary/aromatic N) is 2. The number of benzene rings is 2. The topological polar surface area (TPSA) is 76.4 Å². The maximum absolute atomic E-state index is 11.8. The van der Waals surface area contributed by atoms with Gasteiger partial charge in [0.05, 0.1) is 23.7 Å². The number of anilines is 1. The highest BCUT2D eigenvalue weighted by molar-refractivity contribution is 5.68. The SMILES string of the molecule is N#Cc1ccc(C2C3Nc4ccccc4C3CCN2C(=O)O)cc1. The van der Waals surface area contributed by atoms with Gasteiger partial charge in [0.25, 0.3) is 0 Å². The molecule has 2 aliphatic heterocycles. The van der Waals surface area contributed by atoms with Crippen LogP contribution in [0.4, 0.5) is 10.5 Å². The summed E-state index contributed by atoms with van der Waals surface area (Å²) < 4.78 is 0. The molecule has 1 amide bonds. The Morgan fingerprint density at radius 2 is 1.96 bits per heavy atom. The minimum Gasteiger partial charge on any atom is -0.465 e. The fourth-order valence-corrected chi connectivity index (χ4v) is 4.03. The van der Waals surface area contributed by atoms with E-state index in [0.29, 0.717) is 18.0 Å². The van der Waals surface area contributed by atoms with Gasteiger partial charge in [0, 0.05) is 18.2 Å². The van der Waals surface area contributed by atoms with Crippen LogP contribution in [0.1, 0.15) is 35.1 Å². The molecule has 2 aromatic carbocycles. The first-order valence-electron chi connectivity index (χ1n) is 8.04. The molecule has 0 bridgehead atoms. The van der Waals surface area contributed by atoms with Crippen molar-refractivity contribution in [3.05, 3.63) is 65.2 Å². The van der Waals surface area contributed by atoms with Crippen molar-refractivity contribution in [2.75, 3.05) is 11.9 Å². The first-order valence-corrected chi connectivity index (χ1v) is 8.04. The summed E-state index contributed by atoms with van der Waals surface area (Å²) in [5, 5.41) is 22.2. The standard InChI is InChI=1S/C19H17N3O2/c20-11-12-5-7-13(8-6-12)18-17-15(9-10-22(18)19(23)24)14-3-1-2-4-16(14)21-17/h1-8,15,17-18,21H,9-10H2,(H,23,24). The van der Waals surface area contributed by atoms with Gasteiger partial charge in [0.2, 0.25) is 0 Å². The van der Waals surface area contributed by atoms with E-state index >= 15 is 0 Å². The lowest BCUT2D eigenvalue weighted by Gasteiger charge is -2.42. The van der Waals surface area contributed by atoms with Crippen LogP contribution in [0.5, 0.6) is 0 Å². The third-order valence-corrected chi connectivity index (χ3v) is 5.10. The van der Waals surface area contributed by atoms with Crippen molar-refractivity contribution in [3.63, 3.8) is 0 Å². The zero-order chi connectivity index (χ0) is 16.7. The first kappa shape index (κ1) is 14.6. The maximum atomic E-state index is 11.8. The molecule has 24 heavy (non-hydrogen) atoms. The van der Waals surface area contributed by atoms with Crippen LogP contribution in [0.3, 0.4) is 0 Å². The Bertz CT molecular complexity index is 825. The molecule has 1 fully saturated rings. The lowest BCUT2D eigenvalue weighted by atomic mass is 9.81. The fourth-order valence-electron chi connectivity index (χ4n) is 4.03. The van der Waals surface area contributed by atoms with Crippen LogP contribution in [0.25, 0.3) is 0 Å². The van der Waals surface area contributed by atoms with Gasteiger partial charge in [0.15, 0.2) is 0 Å². The minimum atomic E-state index is -0.902. The smallest absolute Gasteiger partial charge is 0.407 e. The van der Waals surface area contributed by atoms with E-state index in [1.807, 2.05) is 24.3 Å². The number of para-hydroxylation sites is 1. The van der Waals surface area contributed by atoms with Crippen molar-refractivity contribution < 1.29 is 9.90 Å². The summed E-state index contributed by atoms with van der Waals surface area (Å²) in [6.07, 6.45) is -0.0890. The number of nitrogens with one attached hydrogen (secondary N) is 1. The molecule has 1 saturated heterocycles. The van der Waals surface area contributed by atoms with Crippen LogP contribution in [0.15, 0.2) is 48.5 Å². The van der Waals surface area contributed by atoms with E-state index in [-0.39, 0.29) is 12.1 Å². The lowest BCUT2D eigenvalue weighted by Crippen LogP contribution is -2.48. The van der Waals surface area contributed by atoms with Crippen LogP contribution in [0.2, 0.25) is 0 Å². The van der Waals surface area contributed by atoms with Crippen LogP contribution in [0, 0.1) is 11.3 Å². The van der Waals surface area contributed by atoms with E-state index in [0.717, 1.165) is 17.7 Å². The number of fused-ring (bicyclic) bond motifs is 3. The lowest BCUT2D eigenvalue weighted by molar-refractivity contribution is 0.0962. The molecule has 0 aromatic heterocycles. The molecule has 3 unspecified atom stereocenters. The Labute approximate surface area is 140 Å². The minimum absolute atomic E-state index is 0.0141. The summed E-state index contributed by atoms with van der Waals surface area (Å²) in [4.78, 5) is 13.3. The number of hydrogen-bond donors (Lipinski definition) is 2. The van der Waals surface area contributed by atoms with Crippen molar-refractivity contribution in [2.45, 2.75) is 24.4 Å². The number of hydrogen-bond acceptors (Lipinski definition) is 3. The van der Waals surface area contributed by atoms with Gasteiger partial charge in [-0.2, -0.15) is 5.26 Å². The molecular formula is C19H17N3O2. The number of piperidine rings is 1. The van der Waals surface area contributed by atoms with Crippen LogP contribution >= 0.6 is 0 Å². The molecule has 120 valence electrons. The molecule has 0 spiro atoms. The van der Waals surface area contributed by atoms with E-state index < -0.39 is 6.09 Å². The van der Waals surface area contributed by atoms with E-state index in [9.17, 15) is 9.90 Å². The zero-order valence-corrected chi connectivity index (χ0v) is 13.0. The molecule has 5 nitrogen and oxygen atoms in total. The monoisotopic (exact) mass is 319 g/mol. The molecular weight excluding hydrogens is 302 g/mol. The van der Waals surface area contributed by atoms with Crippen LogP contribution in [-0.2, 0) is 0 Å². The van der Waals surface area contributed by atoms with E-state index in [1.165, 1.54) is 10.5 Å². The summed E-state index contributed by atoms with van der Waals surface area (Å²) in [5.41, 5.74) is 3.87. The number of likely N-dealkylation sites (tertiary alicyclic amines) is 1. The van der Waals surface area contributed by atoms with Crippen LogP contribution < -0.4 is 5.32 Å². The van der Waals surface area contributed by atoms with Crippen LogP contribution in [-0.4, -0.2) is 28.7 Å². The number of carbonyl (C=O) groups is 1. The molecule has 0 aliphatic carbocycles. The molecule has 2 aliphatic rings. The number of rotatable bonds is 1. The van der Waals surface area contributed by atoms with E-state index in [4.69, 9.17) is 5.26 Å². The average molecular weight is 319 g/mol. The fraction of sp³-hybridized carbons (Fsp3) is 0.263. The van der Waals surface area contributed by atoms with Gasteiger partial charge in [-0.25, -0.2) is 4.79 Å². The third kappa shape index (κ3) is 2.19. The summed E-state index contributed by atoms with van der Waals surface area (Å²) in [6, 6.07) is 17.3. The van der Waals surface area contributed by atoms with E-state index in [1.54, 1.807) is 12.1 Å². The molecule has 2 heterocycles. The Kier molecular flexibility index (Phi) is 3.39. The van der Waals surface area contributed by atoms with Gasteiger partial charge >= 0.3 is 6.09 Å². The van der Waals surface area contributed by atoms with Gasteiger partial charge in [-0.15, -0.1) is 0 Å². The van der Waals surface area contributed by atoms with Crippen molar-refractivity contribution >= 4 is 11.8 Å². The van der Waals surface area contributed by atoms with Crippen molar-refractivity contribution in [2.24, 2.45) is 0 Å². The molecule has 4 rings (SSSR count). The predicted molar refractivity (Wildman–Crippen MR) is 89.8 cm³/mol. The van der Waals surface area contributed by atoms with Crippen molar-refractivity contribution in [3.8, 4) is 6.07 Å². The molecule has 0 saturated carbocycles. The quantitative estimate of drug-likeness (QED) is 0.842. The van der Waals surface area contributed by atoms with Gasteiger partial charge in [-0.05, 0) is 35.7 Å². The van der Waals surface area contributed by atoms with Crippen molar-refractivity contribution in [1.82, 2.24) is 4.90 Å². The summed E-state index contributed by atoms with van der Waals surface area (Å²) in [6.45, 7) is 0.511.